The average molecular weight is 236 g/mol. The van der Waals surface area contributed by atoms with Gasteiger partial charge in [0, 0.05) is 12.7 Å². The van der Waals surface area contributed by atoms with Gasteiger partial charge in [-0.15, -0.1) is 0 Å². The Kier molecular flexibility index (Phi) is 4.90. The summed E-state index contributed by atoms with van der Waals surface area (Å²) in [6, 6.07) is 1.73. The predicted molar refractivity (Wildman–Crippen MR) is 68.7 cm³/mol. The summed E-state index contributed by atoms with van der Waals surface area (Å²) < 4.78 is 0. The summed E-state index contributed by atoms with van der Waals surface area (Å²) in [6.07, 6.45) is 2.54. The van der Waals surface area contributed by atoms with Gasteiger partial charge in [0.1, 0.15) is 5.82 Å². The largest absolute Gasteiger partial charge is 0.383 e. The Labute approximate surface area is 102 Å². The van der Waals surface area contributed by atoms with Crippen molar-refractivity contribution in [3.8, 4) is 0 Å². The summed E-state index contributed by atoms with van der Waals surface area (Å²) in [5.41, 5.74) is 12.1. The summed E-state index contributed by atoms with van der Waals surface area (Å²) in [7, 11) is 0. The molecular formula is C12H20N4O. The normalized spacial score (nSPS) is 10.8. The second-order valence-electron chi connectivity index (χ2n) is 3.92. The van der Waals surface area contributed by atoms with Crippen LogP contribution >= 0.6 is 0 Å². The minimum Gasteiger partial charge on any atom is -0.383 e. The first-order chi connectivity index (χ1) is 8.08. The van der Waals surface area contributed by atoms with Crippen molar-refractivity contribution >= 4 is 11.7 Å². The summed E-state index contributed by atoms with van der Waals surface area (Å²) in [6.45, 7) is 7.22. The van der Waals surface area contributed by atoms with Gasteiger partial charge in [-0.3, -0.25) is 4.79 Å². The van der Waals surface area contributed by atoms with E-state index in [4.69, 9.17) is 11.5 Å². The van der Waals surface area contributed by atoms with E-state index in [1.54, 1.807) is 12.3 Å². The molecule has 1 heterocycles. The van der Waals surface area contributed by atoms with Crippen LogP contribution in [0.3, 0.4) is 0 Å². The second kappa shape index (κ2) is 6.20. The Bertz CT molecular complexity index is 388. The molecule has 0 bridgehead atoms. The molecule has 0 aromatic carbocycles. The Balaban J connectivity index is 2.72. The molecule has 0 aliphatic rings. The number of pyridine rings is 1. The van der Waals surface area contributed by atoms with Crippen LogP contribution in [0.15, 0.2) is 12.3 Å². The summed E-state index contributed by atoms with van der Waals surface area (Å²) in [5.74, 6) is -0.330. The van der Waals surface area contributed by atoms with Crippen LogP contribution in [0.25, 0.3) is 0 Å². The van der Waals surface area contributed by atoms with E-state index in [9.17, 15) is 4.79 Å². The molecule has 4 N–H and O–H groups in total. The van der Waals surface area contributed by atoms with E-state index in [0.717, 1.165) is 31.6 Å². The first-order valence-electron chi connectivity index (χ1n) is 5.85. The zero-order valence-corrected chi connectivity index (χ0v) is 10.4. The number of aromatic nitrogens is 1. The maximum absolute atomic E-state index is 11.1. The number of carbonyl (C=O) groups excluding carboxylic acids is 1. The van der Waals surface area contributed by atoms with E-state index in [2.05, 4.69) is 23.7 Å². The molecule has 5 heteroatoms. The number of primary amides is 1. The number of hydrogen-bond acceptors (Lipinski definition) is 4. The zero-order chi connectivity index (χ0) is 12.8. The van der Waals surface area contributed by atoms with E-state index >= 15 is 0 Å². The smallest absolute Gasteiger partial charge is 0.252 e. The highest BCUT2D eigenvalue weighted by Crippen LogP contribution is 2.11. The molecule has 1 amide bonds. The minimum absolute atomic E-state index is 0.198. The van der Waals surface area contributed by atoms with Crippen LogP contribution in [-0.2, 0) is 6.42 Å². The molecule has 0 aliphatic heterocycles. The third-order valence-electron chi connectivity index (χ3n) is 2.85. The van der Waals surface area contributed by atoms with Crippen LogP contribution in [0.2, 0.25) is 0 Å². The molecule has 0 atom stereocenters. The fraction of sp³-hybridized carbons (Fsp3) is 0.500. The predicted octanol–water partition coefficient (Wildman–Crippen LogP) is 0.647. The van der Waals surface area contributed by atoms with Gasteiger partial charge in [-0.1, -0.05) is 13.8 Å². The Morgan fingerprint density at radius 1 is 1.41 bits per heavy atom. The maximum Gasteiger partial charge on any atom is 0.252 e. The molecule has 5 nitrogen and oxygen atoms in total. The molecule has 1 rings (SSSR count). The summed E-state index contributed by atoms with van der Waals surface area (Å²) in [4.78, 5) is 17.4. The Morgan fingerprint density at radius 2 is 2.06 bits per heavy atom. The molecule has 0 saturated carbocycles. The van der Waals surface area contributed by atoms with Crippen LogP contribution in [0.5, 0.6) is 0 Å². The van der Waals surface area contributed by atoms with Crippen LogP contribution in [0.1, 0.15) is 29.8 Å². The second-order valence-corrected chi connectivity index (χ2v) is 3.92. The number of rotatable bonds is 6. The van der Waals surface area contributed by atoms with Gasteiger partial charge in [0.15, 0.2) is 0 Å². The van der Waals surface area contributed by atoms with Gasteiger partial charge in [0.25, 0.3) is 5.91 Å². The van der Waals surface area contributed by atoms with Gasteiger partial charge in [0.05, 0.1) is 5.56 Å². The van der Waals surface area contributed by atoms with Gasteiger partial charge in [-0.25, -0.2) is 4.98 Å². The molecule has 0 fully saturated rings. The summed E-state index contributed by atoms with van der Waals surface area (Å²) in [5, 5.41) is 0. The highest BCUT2D eigenvalue weighted by molar-refractivity contribution is 5.97. The van der Waals surface area contributed by atoms with Gasteiger partial charge in [-0.05, 0) is 31.1 Å². The van der Waals surface area contributed by atoms with Crippen molar-refractivity contribution < 1.29 is 4.79 Å². The zero-order valence-electron chi connectivity index (χ0n) is 10.4. The fourth-order valence-electron chi connectivity index (χ4n) is 1.68. The number of nitrogens with two attached hydrogens (primary N) is 2. The molecule has 0 radical (unpaired) electrons. The standard InChI is InChI=1S/C12H20N4O/c1-3-16(4-2)6-5-9-7-10(12(14)17)11(13)15-8-9/h7-8H,3-6H2,1-2H3,(H2,13,15)(H2,14,17). The van der Waals surface area contributed by atoms with E-state index < -0.39 is 5.91 Å². The van der Waals surface area contributed by atoms with Crippen molar-refractivity contribution in [3.05, 3.63) is 23.4 Å². The molecule has 1 aromatic heterocycles. The number of anilines is 1. The summed E-state index contributed by atoms with van der Waals surface area (Å²) >= 11 is 0. The lowest BCUT2D eigenvalue weighted by Crippen LogP contribution is -2.25. The first kappa shape index (κ1) is 13.4. The lowest BCUT2D eigenvalue weighted by atomic mass is 10.1. The third-order valence-corrected chi connectivity index (χ3v) is 2.85. The highest BCUT2D eigenvalue weighted by Gasteiger charge is 2.08. The number of hydrogen-bond donors (Lipinski definition) is 2. The number of carbonyl (C=O) groups is 1. The third kappa shape index (κ3) is 3.71. The number of likely N-dealkylation sites (N-methyl/N-ethyl adjacent to an activating group) is 1. The highest BCUT2D eigenvalue weighted by atomic mass is 16.1. The van der Waals surface area contributed by atoms with Crippen LogP contribution in [-0.4, -0.2) is 35.4 Å². The van der Waals surface area contributed by atoms with Crippen molar-refractivity contribution in [1.29, 1.82) is 0 Å². The monoisotopic (exact) mass is 236 g/mol. The van der Waals surface area contributed by atoms with Crippen LogP contribution in [0.4, 0.5) is 5.82 Å². The number of nitrogens with zero attached hydrogens (tertiary/aromatic N) is 2. The molecule has 0 saturated heterocycles. The van der Waals surface area contributed by atoms with E-state index in [-0.39, 0.29) is 5.82 Å². The molecular weight excluding hydrogens is 216 g/mol. The van der Waals surface area contributed by atoms with Gasteiger partial charge in [0.2, 0.25) is 0 Å². The first-order valence-corrected chi connectivity index (χ1v) is 5.85. The van der Waals surface area contributed by atoms with Gasteiger partial charge >= 0.3 is 0 Å². The molecule has 1 aromatic rings. The lowest BCUT2D eigenvalue weighted by Gasteiger charge is -2.17. The van der Waals surface area contributed by atoms with Gasteiger partial charge in [-0.2, -0.15) is 0 Å². The topological polar surface area (TPSA) is 85.2 Å². The Morgan fingerprint density at radius 3 is 2.59 bits per heavy atom. The lowest BCUT2D eigenvalue weighted by molar-refractivity contribution is 0.100. The maximum atomic E-state index is 11.1. The van der Waals surface area contributed by atoms with Gasteiger partial charge < -0.3 is 16.4 Å². The molecule has 17 heavy (non-hydrogen) atoms. The van der Waals surface area contributed by atoms with E-state index in [1.807, 2.05) is 0 Å². The fourth-order valence-corrected chi connectivity index (χ4v) is 1.68. The van der Waals surface area contributed by atoms with Crippen molar-refractivity contribution in [2.75, 3.05) is 25.4 Å². The molecule has 94 valence electrons. The number of amides is 1. The molecule has 0 aliphatic carbocycles. The minimum atomic E-state index is -0.528. The van der Waals surface area contributed by atoms with Crippen LogP contribution < -0.4 is 11.5 Å². The van der Waals surface area contributed by atoms with Crippen molar-refractivity contribution in [1.82, 2.24) is 9.88 Å². The van der Waals surface area contributed by atoms with E-state index in [0.29, 0.717) is 5.56 Å². The molecule has 0 unspecified atom stereocenters. The average Bonchev–Trinajstić information content (AvgIpc) is 2.32. The van der Waals surface area contributed by atoms with Crippen molar-refractivity contribution in [2.24, 2.45) is 5.73 Å². The van der Waals surface area contributed by atoms with Crippen molar-refractivity contribution in [3.63, 3.8) is 0 Å². The number of nitrogen functional groups attached to an aromatic ring is 1. The quantitative estimate of drug-likeness (QED) is 0.759. The van der Waals surface area contributed by atoms with Crippen molar-refractivity contribution in [2.45, 2.75) is 20.3 Å². The van der Waals surface area contributed by atoms with E-state index in [1.165, 1.54) is 0 Å². The Hall–Kier alpha value is -1.62. The SMILES string of the molecule is CCN(CC)CCc1cnc(N)c(C(N)=O)c1. The molecule has 0 spiro atoms. The van der Waals surface area contributed by atoms with Crippen LogP contribution in [0, 0.1) is 0 Å².